The van der Waals surface area contributed by atoms with Crippen LogP contribution in [0, 0.1) is 18.8 Å². The van der Waals surface area contributed by atoms with Crippen LogP contribution >= 0.6 is 0 Å². The van der Waals surface area contributed by atoms with Crippen molar-refractivity contribution < 1.29 is 8.42 Å². The van der Waals surface area contributed by atoms with E-state index in [9.17, 15) is 8.42 Å². The van der Waals surface area contributed by atoms with Crippen molar-refractivity contribution in [1.29, 1.82) is 0 Å². The molecule has 1 saturated carbocycles. The van der Waals surface area contributed by atoms with Gasteiger partial charge >= 0.3 is 0 Å². The maximum Gasteiger partial charge on any atom is 0.240 e. The highest BCUT2D eigenvalue weighted by Gasteiger charge is 2.27. The van der Waals surface area contributed by atoms with E-state index in [1.54, 1.807) is 12.1 Å². The smallest absolute Gasteiger partial charge is 0.240 e. The van der Waals surface area contributed by atoms with Crippen LogP contribution in [0.15, 0.2) is 29.2 Å². The fraction of sp³-hybridized carbons (Fsp3) is 0.571. The molecule has 0 heterocycles. The number of sulfonamides is 1. The molecule has 0 bridgehead atoms. The van der Waals surface area contributed by atoms with Crippen LogP contribution < -0.4 is 10.5 Å². The van der Waals surface area contributed by atoms with Crippen molar-refractivity contribution >= 4 is 10.0 Å². The topological polar surface area (TPSA) is 72.2 Å². The molecule has 0 aliphatic heterocycles. The average molecular weight is 282 g/mol. The van der Waals surface area contributed by atoms with E-state index < -0.39 is 10.0 Å². The second-order valence-corrected chi connectivity index (χ2v) is 7.04. The van der Waals surface area contributed by atoms with Gasteiger partial charge in [0, 0.05) is 6.54 Å². The monoisotopic (exact) mass is 282 g/mol. The molecule has 4 nitrogen and oxygen atoms in total. The van der Waals surface area contributed by atoms with Crippen molar-refractivity contribution in [1.82, 2.24) is 4.72 Å². The van der Waals surface area contributed by atoms with Crippen molar-refractivity contribution in [3.8, 4) is 0 Å². The van der Waals surface area contributed by atoms with Gasteiger partial charge in [0.2, 0.25) is 10.0 Å². The molecule has 0 amide bonds. The Morgan fingerprint density at radius 2 is 1.95 bits per heavy atom. The van der Waals surface area contributed by atoms with Gasteiger partial charge in [-0.1, -0.05) is 24.6 Å². The van der Waals surface area contributed by atoms with E-state index in [0.29, 0.717) is 29.8 Å². The van der Waals surface area contributed by atoms with Crippen molar-refractivity contribution in [2.75, 3.05) is 13.1 Å². The summed E-state index contributed by atoms with van der Waals surface area (Å²) in [6, 6.07) is 7.05. The van der Waals surface area contributed by atoms with E-state index in [0.717, 1.165) is 24.8 Å². The van der Waals surface area contributed by atoms with Gasteiger partial charge in [0.15, 0.2) is 0 Å². The quantitative estimate of drug-likeness (QED) is 0.862. The number of nitrogens with one attached hydrogen (secondary N) is 1. The fourth-order valence-corrected chi connectivity index (χ4v) is 4.18. The molecule has 0 radical (unpaired) electrons. The van der Waals surface area contributed by atoms with Crippen molar-refractivity contribution in [2.45, 2.75) is 31.1 Å². The number of hydrogen-bond donors (Lipinski definition) is 2. The minimum atomic E-state index is -3.40. The zero-order valence-electron chi connectivity index (χ0n) is 11.3. The lowest BCUT2D eigenvalue weighted by molar-refractivity contribution is 0.393. The molecule has 0 saturated heterocycles. The normalized spacial score (nSPS) is 23.7. The van der Waals surface area contributed by atoms with E-state index in [4.69, 9.17) is 5.73 Å². The van der Waals surface area contributed by atoms with Gasteiger partial charge in [-0.3, -0.25) is 0 Å². The molecule has 2 atom stereocenters. The predicted molar refractivity (Wildman–Crippen MR) is 76.3 cm³/mol. The maximum atomic E-state index is 12.3. The standard InChI is InChI=1S/C14H22N2O2S/c1-11-5-2-3-8-14(11)19(17,18)16-10-13-7-4-6-12(13)9-15/h2-3,5,8,12-13,16H,4,6-7,9-10,15H2,1H3. The zero-order valence-corrected chi connectivity index (χ0v) is 12.1. The molecule has 0 spiro atoms. The van der Waals surface area contributed by atoms with Crippen LogP contribution in [0.5, 0.6) is 0 Å². The molecule has 5 heteroatoms. The Morgan fingerprint density at radius 1 is 1.26 bits per heavy atom. The summed E-state index contributed by atoms with van der Waals surface area (Å²) in [5.74, 6) is 0.836. The van der Waals surface area contributed by atoms with Crippen molar-refractivity contribution in [2.24, 2.45) is 17.6 Å². The second-order valence-electron chi connectivity index (χ2n) is 5.30. The van der Waals surface area contributed by atoms with Gasteiger partial charge in [-0.25, -0.2) is 13.1 Å². The van der Waals surface area contributed by atoms with Gasteiger partial charge in [0.1, 0.15) is 0 Å². The van der Waals surface area contributed by atoms with Crippen LogP contribution in [0.25, 0.3) is 0 Å². The first kappa shape index (κ1) is 14.5. The van der Waals surface area contributed by atoms with Gasteiger partial charge < -0.3 is 5.73 Å². The molecule has 1 aliphatic rings. The molecule has 0 aromatic heterocycles. The third-order valence-corrected chi connectivity index (χ3v) is 5.62. The summed E-state index contributed by atoms with van der Waals surface area (Å²) in [6.07, 6.45) is 3.34. The number of aryl methyl sites for hydroxylation is 1. The van der Waals surface area contributed by atoms with Crippen LogP contribution in [0.4, 0.5) is 0 Å². The minimum Gasteiger partial charge on any atom is -0.330 e. The zero-order chi connectivity index (χ0) is 13.9. The molecule has 106 valence electrons. The Balaban J connectivity index is 2.04. The van der Waals surface area contributed by atoms with E-state index in [2.05, 4.69) is 4.72 Å². The van der Waals surface area contributed by atoms with Crippen LogP contribution in [0.3, 0.4) is 0 Å². The summed E-state index contributed by atoms with van der Waals surface area (Å²) < 4.78 is 27.3. The molecule has 1 aromatic rings. The Hall–Kier alpha value is -0.910. The molecule has 2 unspecified atom stereocenters. The molecular weight excluding hydrogens is 260 g/mol. The Bertz CT molecular complexity index is 528. The maximum absolute atomic E-state index is 12.3. The lowest BCUT2D eigenvalue weighted by Gasteiger charge is -2.18. The van der Waals surface area contributed by atoms with Gasteiger partial charge in [-0.05, 0) is 49.8 Å². The van der Waals surface area contributed by atoms with E-state index in [1.165, 1.54) is 0 Å². The summed E-state index contributed by atoms with van der Waals surface area (Å²) in [6.45, 7) is 2.96. The largest absolute Gasteiger partial charge is 0.330 e. The van der Waals surface area contributed by atoms with Crippen LogP contribution in [-0.2, 0) is 10.0 Å². The molecule has 19 heavy (non-hydrogen) atoms. The number of rotatable bonds is 5. The summed E-state index contributed by atoms with van der Waals surface area (Å²) in [4.78, 5) is 0.372. The highest BCUT2D eigenvalue weighted by molar-refractivity contribution is 7.89. The third-order valence-electron chi connectivity index (χ3n) is 4.04. The van der Waals surface area contributed by atoms with Crippen LogP contribution in [-0.4, -0.2) is 21.5 Å². The summed E-state index contributed by atoms with van der Waals surface area (Å²) in [5.41, 5.74) is 6.50. The van der Waals surface area contributed by atoms with Gasteiger partial charge in [0.05, 0.1) is 4.90 Å². The Morgan fingerprint density at radius 3 is 2.63 bits per heavy atom. The van der Waals surface area contributed by atoms with E-state index in [-0.39, 0.29) is 0 Å². The lowest BCUT2D eigenvalue weighted by Crippen LogP contribution is -2.33. The summed E-state index contributed by atoms with van der Waals surface area (Å²) in [5, 5.41) is 0. The van der Waals surface area contributed by atoms with Crippen molar-refractivity contribution in [3.05, 3.63) is 29.8 Å². The van der Waals surface area contributed by atoms with Crippen molar-refractivity contribution in [3.63, 3.8) is 0 Å². The highest BCUT2D eigenvalue weighted by Crippen LogP contribution is 2.30. The molecule has 1 aromatic carbocycles. The molecule has 2 rings (SSSR count). The summed E-state index contributed by atoms with van der Waals surface area (Å²) >= 11 is 0. The van der Waals surface area contributed by atoms with Gasteiger partial charge in [-0.2, -0.15) is 0 Å². The number of benzene rings is 1. The molecule has 1 aliphatic carbocycles. The first-order valence-corrected chi connectivity index (χ1v) is 8.28. The molecule has 3 N–H and O–H groups in total. The summed E-state index contributed by atoms with van der Waals surface area (Å²) in [7, 11) is -3.40. The van der Waals surface area contributed by atoms with Gasteiger partial charge in [-0.15, -0.1) is 0 Å². The lowest BCUT2D eigenvalue weighted by atomic mass is 9.97. The average Bonchev–Trinajstić information content (AvgIpc) is 2.84. The van der Waals surface area contributed by atoms with Gasteiger partial charge in [0.25, 0.3) is 0 Å². The second kappa shape index (κ2) is 6.03. The SMILES string of the molecule is Cc1ccccc1S(=O)(=O)NCC1CCCC1CN. The molecule has 1 fully saturated rings. The molecular formula is C14H22N2O2S. The Labute approximate surface area is 115 Å². The predicted octanol–water partition coefficient (Wildman–Crippen LogP) is 1.65. The third kappa shape index (κ3) is 3.35. The Kier molecular flexibility index (Phi) is 4.60. The van der Waals surface area contributed by atoms with Crippen LogP contribution in [0.1, 0.15) is 24.8 Å². The number of hydrogen-bond acceptors (Lipinski definition) is 3. The number of nitrogens with two attached hydrogens (primary N) is 1. The fourth-order valence-electron chi connectivity index (χ4n) is 2.85. The highest BCUT2D eigenvalue weighted by atomic mass is 32.2. The minimum absolute atomic E-state index is 0.372. The van der Waals surface area contributed by atoms with Crippen LogP contribution in [0.2, 0.25) is 0 Å². The first-order chi connectivity index (χ1) is 9.04. The van der Waals surface area contributed by atoms with E-state index >= 15 is 0 Å². The first-order valence-electron chi connectivity index (χ1n) is 6.80. The van der Waals surface area contributed by atoms with E-state index in [1.807, 2.05) is 19.1 Å².